The highest BCUT2D eigenvalue weighted by atomic mass is 16.4. The summed E-state index contributed by atoms with van der Waals surface area (Å²) in [6.45, 7) is 1.13. The topological polar surface area (TPSA) is 40.5 Å². The van der Waals surface area contributed by atoms with Crippen LogP contribution >= 0.6 is 0 Å². The van der Waals surface area contributed by atoms with Gasteiger partial charge in [-0.15, -0.1) is 0 Å². The second-order valence-electron chi connectivity index (χ2n) is 4.57. The highest BCUT2D eigenvalue weighted by Crippen LogP contribution is 2.32. The van der Waals surface area contributed by atoms with Gasteiger partial charge in [0.25, 0.3) is 0 Å². The van der Waals surface area contributed by atoms with E-state index in [1.807, 2.05) is 0 Å². The van der Waals surface area contributed by atoms with E-state index in [-0.39, 0.29) is 0 Å². The molecule has 3 nitrogen and oxygen atoms in total. The average molecular weight is 197 g/mol. The monoisotopic (exact) mass is 197 g/mol. The van der Waals surface area contributed by atoms with E-state index in [1.54, 1.807) is 0 Å². The van der Waals surface area contributed by atoms with E-state index in [0.29, 0.717) is 12.5 Å². The van der Waals surface area contributed by atoms with Crippen molar-refractivity contribution in [2.75, 3.05) is 6.54 Å². The van der Waals surface area contributed by atoms with E-state index >= 15 is 0 Å². The summed E-state index contributed by atoms with van der Waals surface area (Å²) in [5, 5.41) is 8.85. The molecule has 1 saturated heterocycles. The highest BCUT2D eigenvalue weighted by Gasteiger charge is 2.35. The van der Waals surface area contributed by atoms with Gasteiger partial charge in [0.05, 0.1) is 6.42 Å². The summed E-state index contributed by atoms with van der Waals surface area (Å²) in [4.78, 5) is 13.2. The zero-order valence-corrected chi connectivity index (χ0v) is 8.61. The molecule has 1 unspecified atom stereocenters. The fourth-order valence-corrected chi connectivity index (χ4v) is 2.51. The van der Waals surface area contributed by atoms with Crippen molar-refractivity contribution >= 4 is 5.97 Å². The Morgan fingerprint density at radius 1 is 1.21 bits per heavy atom. The van der Waals surface area contributed by atoms with Crippen LogP contribution in [0.3, 0.4) is 0 Å². The van der Waals surface area contributed by atoms with E-state index in [4.69, 9.17) is 5.11 Å². The standard InChI is InChI=1S/C11H19NO2/c13-11(14)8-10-4-2-1-3-7-12(10)9-5-6-9/h9-10H,1-8H2,(H,13,14). The summed E-state index contributed by atoms with van der Waals surface area (Å²) in [6, 6.07) is 1.04. The Morgan fingerprint density at radius 2 is 2.00 bits per heavy atom. The van der Waals surface area contributed by atoms with Crippen LogP contribution in [0.4, 0.5) is 0 Å². The van der Waals surface area contributed by atoms with Gasteiger partial charge >= 0.3 is 5.97 Å². The van der Waals surface area contributed by atoms with Crippen LogP contribution in [-0.2, 0) is 4.79 Å². The third kappa shape index (κ3) is 2.47. The predicted molar refractivity (Wildman–Crippen MR) is 54.2 cm³/mol. The first kappa shape index (κ1) is 9.97. The van der Waals surface area contributed by atoms with E-state index in [2.05, 4.69) is 4.90 Å². The Hall–Kier alpha value is -0.570. The summed E-state index contributed by atoms with van der Waals surface area (Å²) >= 11 is 0. The van der Waals surface area contributed by atoms with Crippen LogP contribution < -0.4 is 0 Å². The number of carboxylic acid groups (broad SMARTS) is 1. The molecule has 3 heteroatoms. The molecule has 2 rings (SSSR count). The number of nitrogens with zero attached hydrogens (tertiary/aromatic N) is 1. The minimum Gasteiger partial charge on any atom is -0.481 e. The van der Waals surface area contributed by atoms with Gasteiger partial charge in [-0.05, 0) is 32.2 Å². The van der Waals surface area contributed by atoms with Gasteiger partial charge in [0.15, 0.2) is 0 Å². The van der Waals surface area contributed by atoms with Gasteiger partial charge in [0.2, 0.25) is 0 Å². The van der Waals surface area contributed by atoms with Crippen molar-refractivity contribution in [2.24, 2.45) is 0 Å². The number of carbonyl (C=O) groups is 1. The fraction of sp³-hybridized carbons (Fsp3) is 0.909. The normalized spacial score (nSPS) is 29.9. The lowest BCUT2D eigenvalue weighted by atomic mass is 10.1. The molecular weight excluding hydrogens is 178 g/mol. The lowest BCUT2D eigenvalue weighted by molar-refractivity contribution is -0.138. The van der Waals surface area contributed by atoms with E-state index < -0.39 is 5.97 Å². The van der Waals surface area contributed by atoms with Crippen molar-refractivity contribution in [2.45, 2.75) is 57.0 Å². The van der Waals surface area contributed by atoms with Crippen LogP contribution in [-0.4, -0.2) is 34.6 Å². The van der Waals surface area contributed by atoms with Gasteiger partial charge in [-0.2, -0.15) is 0 Å². The zero-order chi connectivity index (χ0) is 9.97. The summed E-state index contributed by atoms with van der Waals surface area (Å²) in [7, 11) is 0. The van der Waals surface area contributed by atoms with Crippen molar-refractivity contribution in [3.63, 3.8) is 0 Å². The Kier molecular flexibility index (Phi) is 3.06. The van der Waals surface area contributed by atoms with Crippen molar-refractivity contribution < 1.29 is 9.90 Å². The second kappa shape index (κ2) is 4.30. The number of carboxylic acids is 1. The molecule has 0 aromatic carbocycles. The van der Waals surface area contributed by atoms with Gasteiger partial charge in [-0.3, -0.25) is 9.69 Å². The van der Waals surface area contributed by atoms with E-state index in [9.17, 15) is 4.79 Å². The molecular formula is C11H19NO2. The summed E-state index contributed by atoms with van der Waals surface area (Å²) in [5.74, 6) is -0.637. The Morgan fingerprint density at radius 3 is 2.64 bits per heavy atom. The van der Waals surface area contributed by atoms with E-state index in [1.165, 1.54) is 32.1 Å². The van der Waals surface area contributed by atoms with Gasteiger partial charge in [-0.25, -0.2) is 0 Å². The highest BCUT2D eigenvalue weighted by molar-refractivity contribution is 5.67. The molecule has 1 aliphatic heterocycles. The van der Waals surface area contributed by atoms with Gasteiger partial charge in [0.1, 0.15) is 0 Å². The number of hydrogen-bond donors (Lipinski definition) is 1. The molecule has 0 aromatic rings. The quantitative estimate of drug-likeness (QED) is 0.750. The Balaban J connectivity index is 1.95. The SMILES string of the molecule is O=C(O)CC1CCCCCN1C1CC1. The molecule has 80 valence electrons. The van der Waals surface area contributed by atoms with Gasteiger partial charge in [-0.1, -0.05) is 12.8 Å². The third-order valence-corrected chi connectivity index (χ3v) is 3.35. The van der Waals surface area contributed by atoms with Crippen molar-refractivity contribution in [3.05, 3.63) is 0 Å². The van der Waals surface area contributed by atoms with Crippen LogP contribution in [0.5, 0.6) is 0 Å². The first-order chi connectivity index (χ1) is 6.77. The minimum atomic E-state index is -0.637. The first-order valence-electron chi connectivity index (χ1n) is 5.75. The minimum absolute atomic E-state index is 0.322. The molecule has 1 aliphatic carbocycles. The summed E-state index contributed by atoms with van der Waals surface area (Å²) in [6.07, 6.45) is 7.75. The molecule has 1 N–H and O–H groups in total. The second-order valence-corrected chi connectivity index (χ2v) is 4.57. The van der Waals surface area contributed by atoms with Crippen molar-refractivity contribution in [1.82, 2.24) is 4.90 Å². The molecule has 1 heterocycles. The maximum Gasteiger partial charge on any atom is 0.304 e. The van der Waals surface area contributed by atoms with Crippen LogP contribution in [0.2, 0.25) is 0 Å². The third-order valence-electron chi connectivity index (χ3n) is 3.35. The van der Waals surface area contributed by atoms with Crippen LogP contribution in [0.25, 0.3) is 0 Å². The average Bonchev–Trinajstić information content (AvgIpc) is 2.87. The summed E-state index contributed by atoms with van der Waals surface area (Å²) < 4.78 is 0. The van der Waals surface area contributed by atoms with E-state index in [0.717, 1.165) is 19.0 Å². The van der Waals surface area contributed by atoms with Crippen LogP contribution in [0.1, 0.15) is 44.9 Å². The molecule has 0 amide bonds. The van der Waals surface area contributed by atoms with Crippen LogP contribution in [0, 0.1) is 0 Å². The largest absolute Gasteiger partial charge is 0.481 e. The fourth-order valence-electron chi connectivity index (χ4n) is 2.51. The molecule has 1 atom stereocenters. The van der Waals surface area contributed by atoms with Gasteiger partial charge < -0.3 is 5.11 Å². The zero-order valence-electron chi connectivity index (χ0n) is 8.61. The molecule has 2 aliphatic rings. The van der Waals surface area contributed by atoms with Crippen molar-refractivity contribution in [3.8, 4) is 0 Å². The molecule has 1 saturated carbocycles. The lowest BCUT2D eigenvalue weighted by Gasteiger charge is -2.28. The molecule has 14 heavy (non-hydrogen) atoms. The number of likely N-dealkylation sites (tertiary alicyclic amines) is 1. The predicted octanol–water partition coefficient (Wildman–Crippen LogP) is 1.87. The maximum absolute atomic E-state index is 10.7. The summed E-state index contributed by atoms with van der Waals surface area (Å²) in [5.41, 5.74) is 0. The molecule has 0 radical (unpaired) electrons. The number of rotatable bonds is 3. The number of hydrogen-bond acceptors (Lipinski definition) is 2. The molecule has 0 spiro atoms. The Labute approximate surface area is 85.1 Å². The smallest absolute Gasteiger partial charge is 0.304 e. The van der Waals surface area contributed by atoms with Crippen LogP contribution in [0.15, 0.2) is 0 Å². The first-order valence-corrected chi connectivity index (χ1v) is 5.75. The molecule has 0 aromatic heterocycles. The Bertz CT molecular complexity index is 213. The maximum atomic E-state index is 10.7. The molecule has 0 bridgehead atoms. The molecule has 2 fully saturated rings. The lowest BCUT2D eigenvalue weighted by Crippen LogP contribution is -2.38. The van der Waals surface area contributed by atoms with Crippen molar-refractivity contribution in [1.29, 1.82) is 0 Å². The van der Waals surface area contributed by atoms with Gasteiger partial charge in [0, 0.05) is 12.1 Å². The number of aliphatic carboxylic acids is 1.